The Morgan fingerprint density at radius 3 is 2.81 bits per heavy atom. The minimum Gasteiger partial charge on any atom is -0.448 e. The van der Waals surface area contributed by atoms with E-state index in [0.717, 1.165) is 31.3 Å². The van der Waals surface area contributed by atoms with E-state index in [4.69, 9.17) is 11.5 Å². The molecule has 1 saturated heterocycles. The lowest BCUT2D eigenvalue weighted by Gasteiger charge is -2.26. The number of nitrogens with two attached hydrogens (primary N) is 2. The largest absolute Gasteiger partial charge is 0.448 e. The Bertz CT molecular complexity index is 514. The van der Waals surface area contributed by atoms with Gasteiger partial charge in [0.15, 0.2) is 5.13 Å². The number of anilines is 2. The number of carbonyl (C=O) groups excluding carboxylic acids is 2. The van der Waals surface area contributed by atoms with Crippen molar-refractivity contribution in [3.63, 3.8) is 0 Å². The molecule has 0 radical (unpaired) electrons. The van der Waals surface area contributed by atoms with Crippen molar-refractivity contribution in [1.82, 2.24) is 15.6 Å². The quantitative estimate of drug-likeness (QED) is 0.510. The molecular weight excluding hydrogens is 296 g/mol. The number of hydrogen-bond donors (Lipinski definition) is 4. The molecule has 0 aromatic carbocycles. The van der Waals surface area contributed by atoms with Crippen LogP contribution in [0.15, 0.2) is 0 Å². The molecule has 1 fully saturated rings. The molecule has 2 amide bonds. The lowest BCUT2D eigenvalue weighted by Crippen LogP contribution is -2.43. The van der Waals surface area contributed by atoms with Gasteiger partial charge in [0.25, 0.3) is 5.91 Å². The molecule has 0 atom stereocenters. The molecule has 9 nitrogen and oxygen atoms in total. The second-order valence-electron chi connectivity index (χ2n) is 4.37. The highest BCUT2D eigenvalue weighted by Gasteiger charge is 2.20. The normalized spacial score (nSPS) is 14.8. The summed E-state index contributed by atoms with van der Waals surface area (Å²) in [6, 6.07) is 0. The molecule has 21 heavy (non-hydrogen) atoms. The third kappa shape index (κ3) is 4.20. The fraction of sp³-hybridized carbons (Fsp3) is 0.545. The number of amides is 2. The van der Waals surface area contributed by atoms with Crippen LogP contribution >= 0.6 is 11.3 Å². The summed E-state index contributed by atoms with van der Waals surface area (Å²) in [7, 11) is 0. The predicted octanol–water partition coefficient (Wildman–Crippen LogP) is -1.04. The van der Waals surface area contributed by atoms with Gasteiger partial charge in [0.1, 0.15) is 17.3 Å². The van der Waals surface area contributed by atoms with E-state index >= 15 is 0 Å². The van der Waals surface area contributed by atoms with Crippen LogP contribution in [0.2, 0.25) is 0 Å². The smallest absolute Gasteiger partial charge is 0.404 e. The molecule has 1 aromatic rings. The maximum absolute atomic E-state index is 12.0. The summed E-state index contributed by atoms with van der Waals surface area (Å²) < 4.78 is 4.52. The van der Waals surface area contributed by atoms with E-state index < -0.39 is 6.09 Å². The summed E-state index contributed by atoms with van der Waals surface area (Å²) >= 11 is 1.26. The molecule has 0 aliphatic carbocycles. The Morgan fingerprint density at radius 1 is 1.43 bits per heavy atom. The van der Waals surface area contributed by atoms with Gasteiger partial charge < -0.3 is 31.7 Å². The van der Waals surface area contributed by atoms with Crippen LogP contribution in [0.4, 0.5) is 15.7 Å². The van der Waals surface area contributed by atoms with Gasteiger partial charge in [0, 0.05) is 26.2 Å². The van der Waals surface area contributed by atoms with Gasteiger partial charge in [-0.25, -0.2) is 9.78 Å². The van der Waals surface area contributed by atoms with Crippen LogP contribution in [0.3, 0.4) is 0 Å². The monoisotopic (exact) mass is 314 g/mol. The van der Waals surface area contributed by atoms with Crippen LogP contribution < -0.4 is 27.0 Å². The Morgan fingerprint density at radius 2 is 2.14 bits per heavy atom. The van der Waals surface area contributed by atoms with Crippen molar-refractivity contribution in [1.29, 1.82) is 0 Å². The third-order valence-corrected chi connectivity index (χ3v) is 4.00. The van der Waals surface area contributed by atoms with Gasteiger partial charge >= 0.3 is 6.09 Å². The third-order valence-electron chi connectivity index (χ3n) is 2.87. The zero-order chi connectivity index (χ0) is 15.2. The molecular formula is C11H18N6O3S. The molecule has 2 heterocycles. The average molecular weight is 314 g/mol. The molecule has 6 N–H and O–H groups in total. The standard InChI is InChI=1S/C11H18N6O3S/c12-8-7(9(18)15-3-6-20-10(13)19)21-11(16-8)17-4-1-14-2-5-17/h14H,1-6,12H2,(H2,13,19)(H,15,18). The summed E-state index contributed by atoms with van der Waals surface area (Å²) in [5.41, 5.74) is 10.6. The van der Waals surface area contributed by atoms with Crippen LogP contribution in [0, 0.1) is 0 Å². The lowest BCUT2D eigenvalue weighted by molar-refractivity contribution is 0.0941. The van der Waals surface area contributed by atoms with Crippen molar-refractivity contribution in [2.24, 2.45) is 5.73 Å². The molecule has 1 aliphatic rings. The highest BCUT2D eigenvalue weighted by molar-refractivity contribution is 7.18. The van der Waals surface area contributed by atoms with Crippen molar-refractivity contribution in [2.75, 3.05) is 50.0 Å². The minimum absolute atomic E-state index is 0.0183. The zero-order valence-electron chi connectivity index (χ0n) is 11.4. The number of nitrogens with zero attached hydrogens (tertiary/aromatic N) is 2. The fourth-order valence-corrected chi connectivity index (χ4v) is 2.82. The number of rotatable bonds is 5. The van der Waals surface area contributed by atoms with Crippen LogP contribution in [0.25, 0.3) is 0 Å². The van der Waals surface area contributed by atoms with Crippen molar-refractivity contribution < 1.29 is 14.3 Å². The van der Waals surface area contributed by atoms with E-state index in [1.165, 1.54) is 11.3 Å². The average Bonchev–Trinajstić information content (AvgIpc) is 2.86. The van der Waals surface area contributed by atoms with E-state index in [2.05, 4.69) is 25.3 Å². The van der Waals surface area contributed by atoms with Gasteiger partial charge in [-0.15, -0.1) is 0 Å². The Labute approximate surface area is 125 Å². The van der Waals surface area contributed by atoms with Gasteiger partial charge in [-0.2, -0.15) is 0 Å². The topological polar surface area (TPSA) is 136 Å². The first kappa shape index (κ1) is 15.3. The highest BCUT2D eigenvalue weighted by Crippen LogP contribution is 2.28. The number of thiazole rings is 1. The summed E-state index contributed by atoms with van der Waals surface area (Å²) in [5, 5.41) is 6.59. The van der Waals surface area contributed by atoms with Crippen molar-refractivity contribution in [3.8, 4) is 0 Å². The molecule has 1 aliphatic heterocycles. The number of carbonyl (C=O) groups is 2. The van der Waals surface area contributed by atoms with Gasteiger partial charge in [0.2, 0.25) is 0 Å². The second kappa shape index (κ2) is 7.09. The lowest BCUT2D eigenvalue weighted by atomic mass is 10.4. The number of nitrogens with one attached hydrogen (secondary N) is 2. The van der Waals surface area contributed by atoms with Gasteiger partial charge in [-0.1, -0.05) is 11.3 Å². The first-order chi connectivity index (χ1) is 10.1. The summed E-state index contributed by atoms with van der Waals surface area (Å²) in [5.74, 6) is -0.124. The highest BCUT2D eigenvalue weighted by atomic mass is 32.1. The van der Waals surface area contributed by atoms with Gasteiger partial charge in [0.05, 0.1) is 6.54 Å². The Hall–Kier alpha value is -2.07. The molecule has 1 aromatic heterocycles. The first-order valence-electron chi connectivity index (χ1n) is 6.50. The predicted molar refractivity (Wildman–Crippen MR) is 79.5 cm³/mol. The number of piperazine rings is 1. The maximum atomic E-state index is 12.0. The maximum Gasteiger partial charge on any atom is 0.404 e. The molecule has 0 unspecified atom stereocenters. The molecule has 2 rings (SSSR count). The van der Waals surface area contributed by atoms with E-state index in [1.807, 2.05) is 0 Å². The number of primary amides is 1. The van der Waals surface area contributed by atoms with Crippen molar-refractivity contribution >= 4 is 34.3 Å². The van der Waals surface area contributed by atoms with Gasteiger partial charge in [-0.05, 0) is 0 Å². The fourth-order valence-electron chi connectivity index (χ4n) is 1.87. The van der Waals surface area contributed by atoms with Gasteiger partial charge in [-0.3, -0.25) is 4.79 Å². The van der Waals surface area contributed by atoms with Crippen LogP contribution in [0.5, 0.6) is 0 Å². The zero-order valence-corrected chi connectivity index (χ0v) is 12.2. The van der Waals surface area contributed by atoms with E-state index in [0.29, 0.717) is 4.88 Å². The Balaban J connectivity index is 1.91. The van der Waals surface area contributed by atoms with Crippen LogP contribution in [-0.2, 0) is 4.74 Å². The molecule has 0 spiro atoms. The minimum atomic E-state index is -0.873. The SMILES string of the molecule is NC(=O)OCCNC(=O)c1sc(N2CCNCC2)nc1N. The van der Waals surface area contributed by atoms with E-state index in [-0.39, 0.29) is 24.9 Å². The second-order valence-corrected chi connectivity index (χ2v) is 5.35. The van der Waals surface area contributed by atoms with Crippen molar-refractivity contribution in [2.45, 2.75) is 0 Å². The molecule has 0 bridgehead atoms. The summed E-state index contributed by atoms with van der Waals surface area (Å²) in [6.07, 6.45) is -0.873. The van der Waals surface area contributed by atoms with Crippen LogP contribution in [-0.4, -0.2) is 56.3 Å². The number of aromatic nitrogens is 1. The summed E-state index contributed by atoms with van der Waals surface area (Å²) in [4.78, 5) is 29.1. The van der Waals surface area contributed by atoms with Crippen LogP contribution in [0.1, 0.15) is 9.67 Å². The van der Waals surface area contributed by atoms with E-state index in [1.54, 1.807) is 0 Å². The first-order valence-corrected chi connectivity index (χ1v) is 7.32. The summed E-state index contributed by atoms with van der Waals surface area (Å²) in [6.45, 7) is 3.62. The number of ether oxygens (including phenoxy) is 1. The Kier molecular flexibility index (Phi) is 5.17. The molecule has 10 heteroatoms. The van der Waals surface area contributed by atoms with Crippen molar-refractivity contribution in [3.05, 3.63) is 4.88 Å². The molecule has 116 valence electrons. The molecule has 0 saturated carbocycles. The number of hydrogen-bond acceptors (Lipinski definition) is 8. The van der Waals surface area contributed by atoms with E-state index in [9.17, 15) is 9.59 Å². The number of nitrogen functional groups attached to an aromatic ring is 1.